The van der Waals surface area contributed by atoms with Crippen molar-refractivity contribution in [1.29, 1.82) is 5.26 Å². The molecule has 0 aliphatic heterocycles. The van der Waals surface area contributed by atoms with E-state index in [1.807, 2.05) is 0 Å². The fraction of sp³-hybridized carbons (Fsp3) is 0.286. The van der Waals surface area contributed by atoms with Crippen LogP contribution >= 0.6 is 15.9 Å². The van der Waals surface area contributed by atoms with Crippen LogP contribution in [0.1, 0.15) is 17.3 Å². The molecule has 0 radical (unpaired) electrons. The van der Waals surface area contributed by atoms with Crippen LogP contribution in [0.25, 0.3) is 0 Å². The number of carbonyl (C=O) groups is 1. The highest BCUT2D eigenvalue weighted by molar-refractivity contribution is 9.10. The average Bonchev–Trinajstić information content (AvgIpc) is 2.44. The fourth-order valence-electron chi connectivity index (χ4n) is 1.67. The van der Waals surface area contributed by atoms with Gasteiger partial charge in [0.15, 0.2) is 5.75 Å². The molecule has 0 amide bonds. The Balaban J connectivity index is 3.43. The van der Waals surface area contributed by atoms with E-state index >= 15 is 0 Å². The zero-order valence-corrected chi connectivity index (χ0v) is 13.9. The van der Waals surface area contributed by atoms with Crippen LogP contribution in [0.15, 0.2) is 28.4 Å². The van der Waals surface area contributed by atoms with Crippen LogP contribution in [0.4, 0.5) is 5.69 Å². The largest absolute Gasteiger partial charge is 0.487 e. The number of hydrogen-bond donors (Lipinski definition) is 0. The van der Waals surface area contributed by atoms with Gasteiger partial charge < -0.3 is 9.64 Å². The van der Waals surface area contributed by atoms with Gasteiger partial charge in [0.25, 0.3) is 0 Å². The molecule has 1 rings (SSSR count). The number of rotatable bonds is 6. The smallest absolute Gasteiger partial charge is 0.311 e. The maximum atomic E-state index is 12.4. The molecule has 7 nitrogen and oxygen atoms in total. The molecule has 0 heterocycles. The number of carbonyl (C=O) groups excluding carboxylic acids is 1. The van der Waals surface area contributed by atoms with Gasteiger partial charge in [0, 0.05) is 42.5 Å². The quantitative estimate of drug-likeness (QED) is 0.252. The Morgan fingerprint density at radius 1 is 1.55 bits per heavy atom. The van der Waals surface area contributed by atoms with Crippen molar-refractivity contribution in [2.45, 2.75) is 6.92 Å². The summed E-state index contributed by atoms with van der Waals surface area (Å²) in [6.45, 7) is 1.95. The number of nitro groups is 1. The van der Waals surface area contributed by atoms with E-state index in [-0.39, 0.29) is 29.2 Å². The molecule has 0 aliphatic rings. The van der Waals surface area contributed by atoms with Crippen molar-refractivity contribution in [2.75, 3.05) is 20.7 Å². The van der Waals surface area contributed by atoms with Gasteiger partial charge in [-0.2, -0.15) is 5.26 Å². The molecular weight excluding hydrogens is 354 g/mol. The van der Waals surface area contributed by atoms with Crippen molar-refractivity contribution in [3.63, 3.8) is 0 Å². The minimum absolute atomic E-state index is 0.0322. The molecule has 0 saturated carbocycles. The minimum atomic E-state index is -0.629. The molecular formula is C14H14BrN3O4. The van der Waals surface area contributed by atoms with Crippen molar-refractivity contribution in [3.05, 3.63) is 44.1 Å². The van der Waals surface area contributed by atoms with Gasteiger partial charge in [0.1, 0.15) is 11.6 Å². The second kappa shape index (κ2) is 7.56. The third kappa shape index (κ3) is 4.05. The molecule has 0 aliphatic carbocycles. The average molecular weight is 368 g/mol. The van der Waals surface area contributed by atoms with E-state index in [9.17, 15) is 14.9 Å². The number of hydrogen-bond acceptors (Lipinski definition) is 6. The van der Waals surface area contributed by atoms with E-state index < -0.39 is 10.7 Å². The van der Waals surface area contributed by atoms with Crippen LogP contribution in [0, 0.1) is 21.4 Å². The van der Waals surface area contributed by atoms with Crippen LogP contribution in [0.5, 0.6) is 5.75 Å². The lowest BCUT2D eigenvalue weighted by Gasteiger charge is -2.09. The van der Waals surface area contributed by atoms with E-state index in [0.29, 0.717) is 4.47 Å². The first kappa shape index (κ1) is 17.7. The Kier molecular flexibility index (Phi) is 6.07. The van der Waals surface area contributed by atoms with Crippen molar-refractivity contribution in [3.8, 4) is 11.8 Å². The number of nitro benzene ring substituents is 1. The van der Waals surface area contributed by atoms with Crippen LogP contribution in [-0.4, -0.2) is 36.3 Å². The number of allylic oxidation sites excluding steroid dienone is 1. The first-order chi connectivity index (χ1) is 10.3. The van der Waals surface area contributed by atoms with E-state index in [0.717, 1.165) is 6.07 Å². The summed E-state index contributed by atoms with van der Waals surface area (Å²) in [5.41, 5.74) is -0.412. The van der Waals surface area contributed by atoms with Gasteiger partial charge in [-0.05, 0) is 22.9 Å². The summed E-state index contributed by atoms with van der Waals surface area (Å²) in [5, 5.41) is 20.2. The van der Waals surface area contributed by atoms with Crippen molar-refractivity contribution in [2.24, 2.45) is 0 Å². The number of nitrogens with zero attached hydrogens (tertiary/aromatic N) is 3. The fourth-order valence-corrected chi connectivity index (χ4v) is 2.18. The van der Waals surface area contributed by atoms with Gasteiger partial charge in [-0.25, -0.2) is 0 Å². The summed E-state index contributed by atoms with van der Waals surface area (Å²) in [7, 11) is 3.33. The number of Topliss-reactive ketones (excluding diaryl/α,β-unsaturated/α-hetero) is 1. The molecule has 116 valence electrons. The first-order valence-corrected chi connectivity index (χ1v) is 7.04. The molecule has 0 atom stereocenters. The SMILES string of the molecule is CCOc1cc(Br)c(C(=O)C(C#N)=CN(C)C)cc1[N+](=O)[O-]. The normalized spacial score (nSPS) is 10.8. The minimum Gasteiger partial charge on any atom is -0.487 e. The van der Waals surface area contributed by atoms with E-state index in [4.69, 9.17) is 10.00 Å². The van der Waals surface area contributed by atoms with Gasteiger partial charge in [0.05, 0.1) is 11.5 Å². The lowest BCUT2D eigenvalue weighted by Crippen LogP contribution is -2.10. The lowest BCUT2D eigenvalue weighted by molar-refractivity contribution is -0.385. The molecule has 0 N–H and O–H groups in total. The van der Waals surface area contributed by atoms with Gasteiger partial charge in [-0.1, -0.05) is 0 Å². The molecule has 0 aromatic heterocycles. The Hall–Kier alpha value is -2.40. The number of halogens is 1. The zero-order chi connectivity index (χ0) is 16.9. The lowest BCUT2D eigenvalue weighted by atomic mass is 10.0. The molecule has 1 aromatic rings. The summed E-state index contributed by atoms with van der Waals surface area (Å²) in [6, 6.07) is 4.27. The second-order valence-corrected chi connectivity index (χ2v) is 5.29. The van der Waals surface area contributed by atoms with Crippen LogP contribution < -0.4 is 4.74 Å². The number of ketones is 1. The van der Waals surface area contributed by atoms with Crippen molar-refractivity contribution in [1.82, 2.24) is 4.90 Å². The molecule has 8 heteroatoms. The summed E-state index contributed by atoms with van der Waals surface area (Å²) < 4.78 is 5.52. The molecule has 0 spiro atoms. The topological polar surface area (TPSA) is 96.5 Å². The third-order valence-electron chi connectivity index (χ3n) is 2.54. The molecule has 0 bridgehead atoms. The Bertz CT molecular complexity index is 677. The van der Waals surface area contributed by atoms with Crippen LogP contribution in [-0.2, 0) is 0 Å². The van der Waals surface area contributed by atoms with Gasteiger partial charge in [0.2, 0.25) is 5.78 Å². The van der Waals surface area contributed by atoms with Gasteiger partial charge in [-0.3, -0.25) is 14.9 Å². The summed E-state index contributed by atoms with van der Waals surface area (Å²) in [4.78, 5) is 24.4. The van der Waals surface area contributed by atoms with E-state index in [2.05, 4.69) is 15.9 Å². The summed E-state index contributed by atoms with van der Waals surface area (Å²) >= 11 is 3.19. The van der Waals surface area contributed by atoms with E-state index in [1.165, 1.54) is 12.3 Å². The highest BCUT2D eigenvalue weighted by Crippen LogP contribution is 2.34. The van der Waals surface area contributed by atoms with Gasteiger partial charge >= 0.3 is 5.69 Å². The van der Waals surface area contributed by atoms with Crippen LogP contribution in [0.2, 0.25) is 0 Å². The number of ether oxygens (including phenoxy) is 1. The number of benzene rings is 1. The molecule has 0 saturated heterocycles. The Morgan fingerprint density at radius 3 is 2.64 bits per heavy atom. The molecule has 22 heavy (non-hydrogen) atoms. The standard InChI is InChI=1S/C14H14BrN3O4/c1-4-22-13-6-11(15)10(5-12(13)18(20)21)14(19)9(7-16)8-17(2)3/h5-6,8H,4H2,1-3H3. The zero-order valence-electron chi connectivity index (χ0n) is 12.3. The first-order valence-electron chi connectivity index (χ1n) is 6.25. The molecule has 1 aromatic carbocycles. The predicted molar refractivity (Wildman–Crippen MR) is 83.7 cm³/mol. The molecule has 0 fully saturated rings. The highest BCUT2D eigenvalue weighted by atomic mass is 79.9. The maximum Gasteiger partial charge on any atom is 0.311 e. The maximum absolute atomic E-state index is 12.4. The van der Waals surface area contributed by atoms with Crippen molar-refractivity contribution < 1.29 is 14.5 Å². The number of nitriles is 1. The Morgan fingerprint density at radius 2 is 2.18 bits per heavy atom. The predicted octanol–water partition coefficient (Wildman–Crippen LogP) is 2.91. The molecule has 0 unspecified atom stereocenters. The monoisotopic (exact) mass is 367 g/mol. The summed E-state index contributed by atoms with van der Waals surface area (Å²) in [6.07, 6.45) is 1.36. The Labute approximate surface area is 136 Å². The third-order valence-corrected chi connectivity index (χ3v) is 3.20. The highest BCUT2D eigenvalue weighted by Gasteiger charge is 2.24. The van der Waals surface area contributed by atoms with Gasteiger partial charge in [-0.15, -0.1) is 0 Å². The summed E-state index contributed by atoms with van der Waals surface area (Å²) in [5.74, 6) is -0.541. The van der Waals surface area contributed by atoms with Crippen LogP contribution in [0.3, 0.4) is 0 Å². The second-order valence-electron chi connectivity index (χ2n) is 4.44. The van der Waals surface area contributed by atoms with Crippen molar-refractivity contribution >= 4 is 27.4 Å². The van der Waals surface area contributed by atoms with E-state index in [1.54, 1.807) is 32.0 Å².